The van der Waals surface area contributed by atoms with Crippen molar-refractivity contribution in [3.63, 3.8) is 0 Å². The first-order chi connectivity index (χ1) is 12.9. The average molecular weight is 372 g/mol. The molecule has 0 atom stereocenters. The number of hydrogen-bond acceptors (Lipinski definition) is 4. The van der Waals surface area contributed by atoms with Gasteiger partial charge >= 0.3 is 5.97 Å². The molecule has 0 amide bonds. The van der Waals surface area contributed by atoms with E-state index in [1.165, 1.54) is 6.07 Å². The standard InChI is InChI=1S/C20H18F2N2O3/c1-3-27-20(26)16-18(23-10-12-7-8-13(21)9-15(12)22)14-6-4-5-11(2)17(14)24-19(16)25/h4-9H,3,10H2,1-2H3,(H2,23,24,25). The van der Waals surface area contributed by atoms with Gasteiger partial charge in [0, 0.05) is 23.6 Å². The minimum absolute atomic E-state index is 0.0367. The number of rotatable bonds is 5. The largest absolute Gasteiger partial charge is 0.462 e. The first-order valence-corrected chi connectivity index (χ1v) is 8.43. The summed E-state index contributed by atoms with van der Waals surface area (Å²) in [5, 5.41) is 3.55. The molecule has 0 spiro atoms. The topological polar surface area (TPSA) is 71.2 Å². The summed E-state index contributed by atoms with van der Waals surface area (Å²) >= 11 is 0. The molecule has 0 aliphatic rings. The lowest BCUT2D eigenvalue weighted by atomic mass is 10.1. The van der Waals surface area contributed by atoms with Crippen molar-refractivity contribution in [2.45, 2.75) is 20.4 Å². The van der Waals surface area contributed by atoms with Crippen molar-refractivity contribution in [3.8, 4) is 0 Å². The fraction of sp³-hybridized carbons (Fsp3) is 0.200. The van der Waals surface area contributed by atoms with Crippen molar-refractivity contribution in [1.82, 2.24) is 4.98 Å². The molecule has 0 unspecified atom stereocenters. The van der Waals surface area contributed by atoms with Crippen LogP contribution in [0, 0.1) is 18.6 Å². The number of pyridine rings is 1. The third kappa shape index (κ3) is 3.67. The molecule has 0 saturated carbocycles. The average Bonchev–Trinajstić information content (AvgIpc) is 2.61. The molecule has 0 radical (unpaired) electrons. The quantitative estimate of drug-likeness (QED) is 0.667. The summed E-state index contributed by atoms with van der Waals surface area (Å²) in [6.07, 6.45) is 0. The number of aryl methyl sites for hydroxylation is 1. The van der Waals surface area contributed by atoms with Gasteiger partial charge in [0.25, 0.3) is 5.56 Å². The summed E-state index contributed by atoms with van der Waals surface area (Å²) in [4.78, 5) is 27.6. The molecule has 0 aliphatic carbocycles. The second kappa shape index (κ2) is 7.57. The highest BCUT2D eigenvalue weighted by molar-refractivity contribution is 6.05. The first kappa shape index (κ1) is 18.6. The number of nitrogens with one attached hydrogen (secondary N) is 2. The van der Waals surface area contributed by atoms with Gasteiger partial charge in [-0.05, 0) is 25.5 Å². The molecule has 0 bridgehead atoms. The van der Waals surface area contributed by atoms with E-state index in [-0.39, 0.29) is 30.0 Å². The summed E-state index contributed by atoms with van der Waals surface area (Å²) in [6, 6.07) is 8.59. The first-order valence-electron chi connectivity index (χ1n) is 8.43. The molecule has 140 valence electrons. The number of ether oxygens (including phenoxy) is 1. The molecular formula is C20H18F2N2O3. The molecule has 1 aromatic heterocycles. The molecule has 2 N–H and O–H groups in total. The van der Waals surface area contributed by atoms with E-state index in [0.29, 0.717) is 10.9 Å². The number of aromatic nitrogens is 1. The van der Waals surface area contributed by atoms with Crippen LogP contribution in [0.5, 0.6) is 0 Å². The molecule has 27 heavy (non-hydrogen) atoms. The van der Waals surface area contributed by atoms with Crippen LogP contribution in [0.15, 0.2) is 41.2 Å². The molecule has 3 aromatic rings. The molecule has 2 aromatic carbocycles. The Morgan fingerprint density at radius 2 is 2.00 bits per heavy atom. The summed E-state index contributed by atoms with van der Waals surface area (Å²) in [5.74, 6) is -2.17. The zero-order valence-electron chi connectivity index (χ0n) is 14.9. The van der Waals surface area contributed by atoms with Crippen LogP contribution in [0.3, 0.4) is 0 Å². The fourth-order valence-electron chi connectivity index (χ4n) is 2.90. The number of para-hydroxylation sites is 1. The van der Waals surface area contributed by atoms with Gasteiger partial charge in [0.2, 0.25) is 0 Å². The van der Waals surface area contributed by atoms with Crippen LogP contribution in [0.1, 0.15) is 28.4 Å². The van der Waals surface area contributed by atoms with Crippen molar-refractivity contribution < 1.29 is 18.3 Å². The number of benzene rings is 2. The highest BCUT2D eigenvalue weighted by Crippen LogP contribution is 2.27. The number of carbonyl (C=O) groups is 1. The lowest BCUT2D eigenvalue weighted by Crippen LogP contribution is -2.23. The minimum Gasteiger partial charge on any atom is -0.462 e. The molecule has 5 nitrogen and oxygen atoms in total. The van der Waals surface area contributed by atoms with E-state index in [0.717, 1.165) is 17.7 Å². The van der Waals surface area contributed by atoms with Crippen LogP contribution < -0.4 is 10.9 Å². The Hall–Kier alpha value is -3.22. The molecule has 0 saturated heterocycles. The Kier molecular flexibility index (Phi) is 5.21. The molecule has 0 fully saturated rings. The summed E-state index contributed by atoms with van der Waals surface area (Å²) in [6.45, 7) is 3.53. The van der Waals surface area contributed by atoms with Crippen molar-refractivity contribution in [2.75, 3.05) is 11.9 Å². The van der Waals surface area contributed by atoms with Gasteiger partial charge in [-0.1, -0.05) is 24.3 Å². The number of fused-ring (bicyclic) bond motifs is 1. The number of hydrogen-bond donors (Lipinski definition) is 2. The van der Waals surface area contributed by atoms with Gasteiger partial charge < -0.3 is 15.0 Å². The molecule has 1 heterocycles. The van der Waals surface area contributed by atoms with Crippen molar-refractivity contribution >= 4 is 22.6 Å². The van der Waals surface area contributed by atoms with Gasteiger partial charge in [0.1, 0.15) is 17.2 Å². The second-order valence-electron chi connectivity index (χ2n) is 6.01. The third-order valence-electron chi connectivity index (χ3n) is 4.21. The van der Waals surface area contributed by atoms with E-state index in [9.17, 15) is 18.4 Å². The Bertz CT molecular complexity index is 1080. The number of esters is 1. The van der Waals surface area contributed by atoms with Gasteiger partial charge in [-0.25, -0.2) is 13.6 Å². The number of carbonyl (C=O) groups excluding carboxylic acids is 1. The van der Waals surface area contributed by atoms with Crippen LogP contribution in [0.25, 0.3) is 10.9 Å². The van der Waals surface area contributed by atoms with E-state index >= 15 is 0 Å². The Morgan fingerprint density at radius 1 is 1.22 bits per heavy atom. The Morgan fingerprint density at radius 3 is 2.70 bits per heavy atom. The number of H-pyrrole nitrogens is 1. The third-order valence-corrected chi connectivity index (χ3v) is 4.21. The predicted molar refractivity (Wildman–Crippen MR) is 98.9 cm³/mol. The molecule has 7 heteroatoms. The maximum Gasteiger partial charge on any atom is 0.345 e. The van der Waals surface area contributed by atoms with E-state index in [2.05, 4.69) is 10.3 Å². The Balaban J connectivity index is 2.13. The molecule has 3 rings (SSSR count). The number of halogens is 2. The summed E-state index contributed by atoms with van der Waals surface area (Å²) in [5.41, 5.74) is 1.05. The van der Waals surface area contributed by atoms with Crippen LogP contribution in [0.2, 0.25) is 0 Å². The van der Waals surface area contributed by atoms with Crippen LogP contribution in [0.4, 0.5) is 14.5 Å². The number of anilines is 1. The van der Waals surface area contributed by atoms with Gasteiger partial charge in [0.15, 0.2) is 0 Å². The van der Waals surface area contributed by atoms with Gasteiger partial charge in [-0.2, -0.15) is 0 Å². The predicted octanol–water partition coefficient (Wildman–Crippen LogP) is 3.90. The summed E-state index contributed by atoms with van der Waals surface area (Å²) < 4.78 is 32.1. The maximum atomic E-state index is 14.0. The van der Waals surface area contributed by atoms with Crippen LogP contribution in [-0.2, 0) is 11.3 Å². The van der Waals surface area contributed by atoms with E-state index in [1.807, 2.05) is 13.0 Å². The highest BCUT2D eigenvalue weighted by Gasteiger charge is 2.21. The molecule has 0 aliphatic heterocycles. The zero-order chi connectivity index (χ0) is 19.6. The van der Waals surface area contributed by atoms with Crippen molar-refractivity contribution in [1.29, 1.82) is 0 Å². The second-order valence-corrected chi connectivity index (χ2v) is 6.01. The molecular weight excluding hydrogens is 354 g/mol. The van der Waals surface area contributed by atoms with Crippen LogP contribution >= 0.6 is 0 Å². The Labute approximate surface area is 154 Å². The van der Waals surface area contributed by atoms with Gasteiger partial charge in [-0.3, -0.25) is 4.79 Å². The van der Waals surface area contributed by atoms with E-state index in [1.54, 1.807) is 19.1 Å². The van der Waals surface area contributed by atoms with E-state index in [4.69, 9.17) is 4.74 Å². The maximum absolute atomic E-state index is 14.0. The smallest absolute Gasteiger partial charge is 0.345 e. The van der Waals surface area contributed by atoms with Gasteiger partial charge in [-0.15, -0.1) is 0 Å². The minimum atomic E-state index is -0.774. The lowest BCUT2D eigenvalue weighted by molar-refractivity contribution is 0.0525. The van der Waals surface area contributed by atoms with Gasteiger partial charge in [0.05, 0.1) is 17.8 Å². The lowest BCUT2D eigenvalue weighted by Gasteiger charge is -2.15. The number of aromatic amines is 1. The zero-order valence-corrected chi connectivity index (χ0v) is 14.9. The summed E-state index contributed by atoms with van der Waals surface area (Å²) in [7, 11) is 0. The fourth-order valence-corrected chi connectivity index (χ4v) is 2.90. The van der Waals surface area contributed by atoms with Crippen LogP contribution in [-0.4, -0.2) is 17.6 Å². The SMILES string of the molecule is CCOC(=O)c1c(NCc2ccc(F)cc2F)c2cccc(C)c2[nH]c1=O. The van der Waals surface area contributed by atoms with Crippen molar-refractivity contribution in [3.05, 3.63) is 75.1 Å². The van der Waals surface area contributed by atoms with Crippen molar-refractivity contribution in [2.24, 2.45) is 0 Å². The highest BCUT2D eigenvalue weighted by atomic mass is 19.1. The van der Waals surface area contributed by atoms with E-state index < -0.39 is 23.2 Å². The monoisotopic (exact) mass is 372 g/mol. The normalized spacial score (nSPS) is 10.8.